The van der Waals surface area contributed by atoms with Crippen molar-refractivity contribution < 1.29 is 18.3 Å². The Morgan fingerprint density at radius 3 is 2.29 bits per heavy atom. The van der Waals surface area contributed by atoms with E-state index in [2.05, 4.69) is 44.2 Å². The smallest absolute Gasteiger partial charge is 0.387 e. The molecule has 0 radical (unpaired) electrons. The molecule has 1 N–H and O–H groups in total. The van der Waals surface area contributed by atoms with Crippen LogP contribution >= 0.6 is 0 Å². The molecule has 0 unspecified atom stereocenters. The van der Waals surface area contributed by atoms with Gasteiger partial charge in [-0.3, -0.25) is 9.89 Å². The summed E-state index contributed by atoms with van der Waals surface area (Å²) in [5.41, 5.74) is 3.44. The second-order valence-electron chi connectivity index (χ2n) is 7.48. The number of benzene rings is 2. The molecule has 1 aliphatic rings. The van der Waals surface area contributed by atoms with Gasteiger partial charge in [-0.15, -0.1) is 0 Å². The zero-order valence-corrected chi connectivity index (χ0v) is 18.1. The molecule has 0 saturated carbocycles. The van der Waals surface area contributed by atoms with Crippen LogP contribution in [0.2, 0.25) is 0 Å². The lowest BCUT2D eigenvalue weighted by molar-refractivity contribution is -0.0498. The minimum atomic E-state index is -2.81. The third kappa shape index (κ3) is 7.48. The number of hydrogen-bond donors (Lipinski definition) is 1. The summed E-state index contributed by atoms with van der Waals surface area (Å²) in [6, 6.07) is 15.2. The van der Waals surface area contributed by atoms with Crippen LogP contribution in [0.25, 0.3) is 0 Å². The van der Waals surface area contributed by atoms with Crippen molar-refractivity contribution in [2.75, 3.05) is 40.4 Å². The maximum atomic E-state index is 12.3. The number of hydrogen-bond acceptors (Lipinski definition) is 4. The van der Waals surface area contributed by atoms with Crippen LogP contribution in [0.15, 0.2) is 53.5 Å². The maximum absolute atomic E-state index is 12.3. The van der Waals surface area contributed by atoms with Gasteiger partial charge in [0, 0.05) is 46.8 Å². The van der Waals surface area contributed by atoms with Gasteiger partial charge in [0.1, 0.15) is 5.75 Å². The van der Waals surface area contributed by atoms with Crippen LogP contribution in [0.1, 0.15) is 16.7 Å². The predicted octanol–water partition coefficient (Wildman–Crippen LogP) is 3.33. The standard InChI is InChI=1S/C23H30F2N4O2/c1-26-23(28(2)16-19-7-9-21(10-8-19)31-22(24)25)27-15-18-3-5-20(6-4-18)17-29-11-13-30-14-12-29/h3-10,22H,11-17H2,1-2H3,(H,26,27). The van der Waals surface area contributed by atoms with Crippen LogP contribution in [-0.4, -0.2) is 62.8 Å². The summed E-state index contributed by atoms with van der Waals surface area (Å²) in [6.45, 7) is 2.96. The number of ether oxygens (including phenoxy) is 2. The third-order valence-electron chi connectivity index (χ3n) is 5.13. The zero-order valence-electron chi connectivity index (χ0n) is 18.1. The minimum Gasteiger partial charge on any atom is -0.435 e. The highest BCUT2D eigenvalue weighted by Crippen LogP contribution is 2.16. The monoisotopic (exact) mass is 432 g/mol. The molecule has 1 fully saturated rings. The molecule has 6 nitrogen and oxygen atoms in total. The predicted molar refractivity (Wildman–Crippen MR) is 117 cm³/mol. The van der Waals surface area contributed by atoms with Crippen molar-refractivity contribution in [2.24, 2.45) is 4.99 Å². The number of nitrogens with zero attached hydrogens (tertiary/aromatic N) is 3. The summed E-state index contributed by atoms with van der Waals surface area (Å²) < 4.78 is 34.3. The fourth-order valence-electron chi connectivity index (χ4n) is 3.47. The van der Waals surface area contributed by atoms with E-state index in [0.717, 1.165) is 44.4 Å². The van der Waals surface area contributed by atoms with Gasteiger partial charge in [-0.05, 0) is 28.8 Å². The number of halogens is 2. The highest BCUT2D eigenvalue weighted by molar-refractivity contribution is 5.79. The summed E-state index contributed by atoms with van der Waals surface area (Å²) in [4.78, 5) is 8.72. The first kappa shape index (κ1) is 23.0. The van der Waals surface area contributed by atoms with Crippen molar-refractivity contribution >= 4 is 5.96 Å². The first-order valence-corrected chi connectivity index (χ1v) is 10.4. The van der Waals surface area contributed by atoms with E-state index >= 15 is 0 Å². The topological polar surface area (TPSA) is 49.3 Å². The van der Waals surface area contributed by atoms with Crippen molar-refractivity contribution in [3.63, 3.8) is 0 Å². The second-order valence-corrected chi connectivity index (χ2v) is 7.48. The Morgan fingerprint density at radius 2 is 1.68 bits per heavy atom. The summed E-state index contributed by atoms with van der Waals surface area (Å²) in [5, 5.41) is 3.37. The van der Waals surface area contributed by atoms with Crippen LogP contribution in [0.4, 0.5) is 8.78 Å². The molecule has 8 heteroatoms. The lowest BCUT2D eigenvalue weighted by Gasteiger charge is -2.26. The minimum absolute atomic E-state index is 0.154. The zero-order chi connectivity index (χ0) is 22.1. The van der Waals surface area contributed by atoms with Gasteiger partial charge in [-0.1, -0.05) is 36.4 Å². The van der Waals surface area contributed by atoms with Crippen LogP contribution < -0.4 is 10.1 Å². The van der Waals surface area contributed by atoms with Crippen LogP contribution in [0.3, 0.4) is 0 Å². The summed E-state index contributed by atoms with van der Waals surface area (Å²) in [5.74, 6) is 0.909. The Labute approximate surface area is 182 Å². The van der Waals surface area contributed by atoms with E-state index in [1.807, 2.05) is 11.9 Å². The Balaban J connectivity index is 1.47. The maximum Gasteiger partial charge on any atom is 0.387 e. The van der Waals surface area contributed by atoms with E-state index in [0.29, 0.717) is 13.1 Å². The van der Waals surface area contributed by atoms with E-state index < -0.39 is 6.61 Å². The summed E-state index contributed by atoms with van der Waals surface area (Å²) in [6.07, 6.45) is 0. The van der Waals surface area contributed by atoms with Crippen LogP contribution in [-0.2, 0) is 24.4 Å². The second kappa shape index (κ2) is 11.6. The van der Waals surface area contributed by atoms with Crippen molar-refractivity contribution in [1.82, 2.24) is 15.1 Å². The van der Waals surface area contributed by atoms with Crippen molar-refractivity contribution in [3.8, 4) is 5.75 Å². The third-order valence-corrected chi connectivity index (χ3v) is 5.13. The molecule has 0 amide bonds. The molecule has 2 aromatic carbocycles. The fraction of sp³-hybridized carbons (Fsp3) is 0.435. The van der Waals surface area contributed by atoms with Gasteiger partial charge in [-0.2, -0.15) is 8.78 Å². The Bertz CT molecular complexity index is 822. The molecule has 1 heterocycles. The average Bonchev–Trinajstić information content (AvgIpc) is 2.77. The molecule has 3 rings (SSSR count). The molecule has 0 bridgehead atoms. The van der Waals surface area contributed by atoms with Crippen LogP contribution in [0.5, 0.6) is 5.75 Å². The average molecular weight is 433 g/mol. The van der Waals surface area contributed by atoms with E-state index in [1.165, 1.54) is 11.1 Å². The van der Waals surface area contributed by atoms with Gasteiger partial charge >= 0.3 is 6.61 Å². The van der Waals surface area contributed by atoms with E-state index in [1.54, 1.807) is 31.3 Å². The Kier molecular flexibility index (Phi) is 8.61. The highest BCUT2D eigenvalue weighted by atomic mass is 19.3. The quantitative estimate of drug-likeness (QED) is 0.512. The highest BCUT2D eigenvalue weighted by Gasteiger charge is 2.11. The number of nitrogens with one attached hydrogen (secondary N) is 1. The van der Waals surface area contributed by atoms with Crippen molar-refractivity contribution in [2.45, 2.75) is 26.2 Å². The lowest BCUT2D eigenvalue weighted by Crippen LogP contribution is -2.38. The number of morpholine rings is 1. The molecular formula is C23H30F2N4O2. The molecule has 31 heavy (non-hydrogen) atoms. The van der Waals surface area contributed by atoms with E-state index in [-0.39, 0.29) is 5.75 Å². The van der Waals surface area contributed by atoms with Gasteiger partial charge in [0.05, 0.1) is 13.2 Å². The number of alkyl halides is 2. The molecule has 0 aliphatic carbocycles. The molecule has 168 valence electrons. The molecule has 2 aromatic rings. The SMILES string of the molecule is CN=C(NCc1ccc(CN2CCOCC2)cc1)N(C)Cc1ccc(OC(F)F)cc1. The molecule has 1 aliphatic heterocycles. The van der Waals surface area contributed by atoms with E-state index in [4.69, 9.17) is 4.74 Å². The Morgan fingerprint density at radius 1 is 1.06 bits per heavy atom. The molecule has 0 spiro atoms. The van der Waals surface area contributed by atoms with E-state index in [9.17, 15) is 8.78 Å². The van der Waals surface area contributed by atoms with Gasteiger partial charge < -0.3 is 19.7 Å². The normalized spacial score (nSPS) is 15.2. The first-order valence-electron chi connectivity index (χ1n) is 10.4. The number of guanidine groups is 1. The van der Waals surface area contributed by atoms with Crippen molar-refractivity contribution in [3.05, 3.63) is 65.2 Å². The number of rotatable bonds is 8. The first-order chi connectivity index (χ1) is 15.0. The Hall–Kier alpha value is -2.71. The van der Waals surface area contributed by atoms with Gasteiger partial charge in [0.15, 0.2) is 5.96 Å². The van der Waals surface area contributed by atoms with Crippen LogP contribution in [0, 0.1) is 0 Å². The molecular weight excluding hydrogens is 402 g/mol. The van der Waals surface area contributed by atoms with Gasteiger partial charge in [-0.25, -0.2) is 0 Å². The lowest BCUT2D eigenvalue weighted by atomic mass is 10.1. The van der Waals surface area contributed by atoms with Gasteiger partial charge in [0.2, 0.25) is 0 Å². The largest absolute Gasteiger partial charge is 0.435 e. The van der Waals surface area contributed by atoms with Gasteiger partial charge in [0.25, 0.3) is 0 Å². The van der Waals surface area contributed by atoms with Crippen molar-refractivity contribution in [1.29, 1.82) is 0 Å². The summed E-state index contributed by atoms with van der Waals surface area (Å²) in [7, 11) is 3.67. The number of aliphatic imine (C=N–C) groups is 1. The molecule has 0 aromatic heterocycles. The summed E-state index contributed by atoms with van der Waals surface area (Å²) >= 11 is 0. The molecule has 0 atom stereocenters. The molecule has 1 saturated heterocycles. The fourth-order valence-corrected chi connectivity index (χ4v) is 3.47.